The highest BCUT2D eigenvalue weighted by atomic mass is 16.4. The summed E-state index contributed by atoms with van der Waals surface area (Å²) >= 11 is 0. The largest absolute Gasteiger partial charge is 0.478 e. The summed E-state index contributed by atoms with van der Waals surface area (Å²) in [5.74, 6) is -1.07. The van der Waals surface area contributed by atoms with E-state index in [4.69, 9.17) is 5.11 Å². The highest BCUT2D eigenvalue weighted by Gasteiger charge is 2.11. The number of urea groups is 1. The maximum atomic E-state index is 11.7. The Labute approximate surface area is 118 Å². The molecule has 1 aromatic carbocycles. The number of para-hydroxylation sites is 1. The molecule has 0 aromatic heterocycles. The predicted molar refractivity (Wildman–Crippen MR) is 78.2 cm³/mol. The lowest BCUT2D eigenvalue weighted by Crippen LogP contribution is -2.37. The van der Waals surface area contributed by atoms with Gasteiger partial charge in [-0.1, -0.05) is 26.0 Å². The van der Waals surface area contributed by atoms with Crippen molar-refractivity contribution in [3.8, 4) is 0 Å². The number of hydrogen-bond donors (Lipinski definition) is 3. The van der Waals surface area contributed by atoms with Crippen LogP contribution in [0.5, 0.6) is 0 Å². The molecule has 110 valence electrons. The Kier molecular flexibility index (Phi) is 6.52. The van der Waals surface area contributed by atoms with Crippen LogP contribution in [0.2, 0.25) is 0 Å². The molecule has 1 rings (SSSR count). The van der Waals surface area contributed by atoms with Crippen LogP contribution in [-0.4, -0.2) is 48.2 Å². The third-order valence-electron chi connectivity index (χ3n) is 3.01. The predicted octanol–water partition coefficient (Wildman–Crippen LogP) is 1.85. The Balaban J connectivity index is 2.49. The van der Waals surface area contributed by atoms with Crippen molar-refractivity contribution in [2.45, 2.75) is 13.8 Å². The second-order valence-corrected chi connectivity index (χ2v) is 4.26. The highest BCUT2D eigenvalue weighted by molar-refractivity contribution is 5.99. The summed E-state index contributed by atoms with van der Waals surface area (Å²) in [6.45, 7) is 7.27. The molecule has 0 aliphatic rings. The van der Waals surface area contributed by atoms with Crippen LogP contribution in [0.4, 0.5) is 10.5 Å². The van der Waals surface area contributed by atoms with E-state index in [1.54, 1.807) is 18.2 Å². The van der Waals surface area contributed by atoms with Crippen molar-refractivity contribution < 1.29 is 14.7 Å². The Morgan fingerprint density at radius 2 is 1.85 bits per heavy atom. The van der Waals surface area contributed by atoms with Gasteiger partial charge in [0.1, 0.15) is 0 Å². The van der Waals surface area contributed by atoms with Crippen LogP contribution in [-0.2, 0) is 0 Å². The molecule has 0 fully saturated rings. The van der Waals surface area contributed by atoms with E-state index in [9.17, 15) is 9.59 Å². The number of carboxylic acid groups (broad SMARTS) is 1. The maximum absolute atomic E-state index is 11.7. The van der Waals surface area contributed by atoms with Gasteiger partial charge in [-0.15, -0.1) is 0 Å². The van der Waals surface area contributed by atoms with Crippen LogP contribution >= 0.6 is 0 Å². The fourth-order valence-corrected chi connectivity index (χ4v) is 1.81. The van der Waals surface area contributed by atoms with Crippen LogP contribution in [0.25, 0.3) is 0 Å². The van der Waals surface area contributed by atoms with Gasteiger partial charge in [-0.3, -0.25) is 0 Å². The van der Waals surface area contributed by atoms with Crippen molar-refractivity contribution in [1.82, 2.24) is 10.2 Å². The Morgan fingerprint density at radius 3 is 2.45 bits per heavy atom. The molecule has 0 spiro atoms. The van der Waals surface area contributed by atoms with Crippen LogP contribution in [0, 0.1) is 0 Å². The zero-order chi connectivity index (χ0) is 15.0. The summed E-state index contributed by atoms with van der Waals surface area (Å²) in [4.78, 5) is 24.9. The molecule has 0 heterocycles. The molecule has 3 N–H and O–H groups in total. The first-order chi connectivity index (χ1) is 9.58. The van der Waals surface area contributed by atoms with E-state index < -0.39 is 12.0 Å². The van der Waals surface area contributed by atoms with Gasteiger partial charge >= 0.3 is 12.0 Å². The second-order valence-electron chi connectivity index (χ2n) is 4.26. The van der Waals surface area contributed by atoms with Crippen molar-refractivity contribution in [2.24, 2.45) is 0 Å². The molecular weight excluding hydrogens is 258 g/mol. The number of likely N-dealkylation sites (N-methyl/N-ethyl adjacent to an activating group) is 1. The minimum Gasteiger partial charge on any atom is -0.478 e. The highest BCUT2D eigenvalue weighted by Crippen LogP contribution is 2.14. The zero-order valence-electron chi connectivity index (χ0n) is 11.8. The van der Waals surface area contributed by atoms with Gasteiger partial charge in [0.15, 0.2) is 0 Å². The average molecular weight is 279 g/mol. The molecule has 0 unspecified atom stereocenters. The van der Waals surface area contributed by atoms with Gasteiger partial charge in [0.2, 0.25) is 0 Å². The quantitative estimate of drug-likeness (QED) is 0.711. The van der Waals surface area contributed by atoms with Crippen LogP contribution in [0.3, 0.4) is 0 Å². The molecule has 0 saturated carbocycles. The van der Waals surface area contributed by atoms with E-state index in [0.717, 1.165) is 19.6 Å². The van der Waals surface area contributed by atoms with E-state index >= 15 is 0 Å². The fourth-order valence-electron chi connectivity index (χ4n) is 1.81. The number of amides is 2. The first-order valence-corrected chi connectivity index (χ1v) is 6.68. The molecule has 0 saturated heterocycles. The fraction of sp³-hybridized carbons (Fsp3) is 0.429. The molecule has 2 amide bonds. The van der Waals surface area contributed by atoms with Crippen molar-refractivity contribution in [3.63, 3.8) is 0 Å². The van der Waals surface area contributed by atoms with Gasteiger partial charge in [0, 0.05) is 13.1 Å². The van der Waals surface area contributed by atoms with Crippen molar-refractivity contribution in [2.75, 3.05) is 31.5 Å². The molecule has 0 atom stereocenters. The standard InChI is InChI=1S/C14H21N3O3/c1-3-17(4-2)10-9-15-14(20)16-12-8-6-5-7-11(12)13(18)19/h5-8H,3-4,9-10H2,1-2H3,(H,18,19)(H2,15,16,20). The molecule has 6 heteroatoms. The number of carbonyl (C=O) groups excluding carboxylic acids is 1. The smallest absolute Gasteiger partial charge is 0.337 e. The summed E-state index contributed by atoms with van der Waals surface area (Å²) in [6, 6.07) is 5.91. The van der Waals surface area contributed by atoms with Gasteiger partial charge in [-0.05, 0) is 25.2 Å². The van der Waals surface area contributed by atoms with Crippen molar-refractivity contribution >= 4 is 17.7 Å². The van der Waals surface area contributed by atoms with Crippen molar-refractivity contribution in [3.05, 3.63) is 29.8 Å². The molecular formula is C14H21N3O3. The lowest BCUT2D eigenvalue weighted by atomic mass is 10.2. The van der Waals surface area contributed by atoms with E-state index in [-0.39, 0.29) is 5.56 Å². The third kappa shape index (κ3) is 4.89. The summed E-state index contributed by atoms with van der Waals surface area (Å²) in [7, 11) is 0. The van der Waals surface area contributed by atoms with Crippen LogP contribution in [0.15, 0.2) is 24.3 Å². The number of nitrogens with one attached hydrogen (secondary N) is 2. The first kappa shape index (κ1) is 16.0. The number of nitrogens with zero attached hydrogens (tertiary/aromatic N) is 1. The summed E-state index contributed by atoms with van der Waals surface area (Å²) in [5, 5.41) is 14.3. The number of carbonyl (C=O) groups is 2. The number of rotatable bonds is 7. The Morgan fingerprint density at radius 1 is 1.20 bits per heavy atom. The SMILES string of the molecule is CCN(CC)CCNC(=O)Nc1ccccc1C(=O)O. The zero-order valence-corrected chi connectivity index (χ0v) is 11.8. The molecule has 0 bridgehead atoms. The first-order valence-electron chi connectivity index (χ1n) is 6.68. The number of aromatic carboxylic acids is 1. The summed E-state index contributed by atoms with van der Waals surface area (Å²) in [5.41, 5.74) is 0.367. The lowest BCUT2D eigenvalue weighted by Gasteiger charge is -2.18. The molecule has 0 radical (unpaired) electrons. The molecule has 1 aromatic rings. The average Bonchev–Trinajstić information content (AvgIpc) is 2.44. The summed E-state index contributed by atoms with van der Waals surface area (Å²) in [6.07, 6.45) is 0. The Bertz CT molecular complexity index is 459. The van der Waals surface area contributed by atoms with Crippen LogP contribution in [0.1, 0.15) is 24.2 Å². The normalized spacial score (nSPS) is 10.3. The number of benzene rings is 1. The van der Waals surface area contributed by atoms with E-state index in [1.807, 2.05) is 0 Å². The molecule has 20 heavy (non-hydrogen) atoms. The minimum absolute atomic E-state index is 0.0754. The van der Waals surface area contributed by atoms with E-state index in [2.05, 4.69) is 29.4 Å². The number of hydrogen-bond acceptors (Lipinski definition) is 3. The number of carboxylic acids is 1. The maximum Gasteiger partial charge on any atom is 0.337 e. The van der Waals surface area contributed by atoms with E-state index in [1.165, 1.54) is 6.07 Å². The number of anilines is 1. The topological polar surface area (TPSA) is 81.7 Å². The van der Waals surface area contributed by atoms with Gasteiger partial charge in [-0.25, -0.2) is 9.59 Å². The second kappa shape index (κ2) is 8.16. The third-order valence-corrected chi connectivity index (χ3v) is 3.01. The summed E-state index contributed by atoms with van der Waals surface area (Å²) < 4.78 is 0. The van der Waals surface area contributed by atoms with E-state index in [0.29, 0.717) is 12.2 Å². The van der Waals surface area contributed by atoms with Gasteiger partial charge < -0.3 is 20.6 Å². The monoisotopic (exact) mass is 279 g/mol. The minimum atomic E-state index is -1.07. The van der Waals surface area contributed by atoms with Crippen molar-refractivity contribution in [1.29, 1.82) is 0 Å². The Hall–Kier alpha value is -2.08. The molecule has 0 aliphatic carbocycles. The molecule has 6 nitrogen and oxygen atoms in total. The van der Waals surface area contributed by atoms with Gasteiger partial charge in [0.25, 0.3) is 0 Å². The molecule has 0 aliphatic heterocycles. The van der Waals surface area contributed by atoms with Gasteiger partial charge in [-0.2, -0.15) is 0 Å². The lowest BCUT2D eigenvalue weighted by molar-refractivity contribution is 0.0698. The van der Waals surface area contributed by atoms with Gasteiger partial charge in [0.05, 0.1) is 11.3 Å². The van der Waals surface area contributed by atoms with Crippen LogP contribution < -0.4 is 10.6 Å².